The highest BCUT2D eigenvalue weighted by molar-refractivity contribution is 5.92. The van der Waals surface area contributed by atoms with Crippen molar-refractivity contribution in [1.82, 2.24) is 19.9 Å². The van der Waals surface area contributed by atoms with E-state index in [0.29, 0.717) is 13.1 Å². The van der Waals surface area contributed by atoms with Gasteiger partial charge in [0.25, 0.3) is 11.5 Å². The van der Waals surface area contributed by atoms with Crippen molar-refractivity contribution in [2.45, 2.75) is 18.9 Å². The number of carbonyl (C=O) groups excluding carboxylic acids is 1. The van der Waals surface area contributed by atoms with Gasteiger partial charge >= 0.3 is 0 Å². The van der Waals surface area contributed by atoms with Gasteiger partial charge in [-0.25, -0.2) is 0 Å². The van der Waals surface area contributed by atoms with Crippen molar-refractivity contribution >= 4 is 5.91 Å². The number of carbonyl (C=O) groups is 1. The Morgan fingerprint density at radius 2 is 2.05 bits per heavy atom. The fourth-order valence-corrected chi connectivity index (χ4v) is 2.44. The van der Waals surface area contributed by atoms with Gasteiger partial charge in [-0.05, 0) is 12.1 Å². The minimum absolute atomic E-state index is 0.0706. The second-order valence-electron chi connectivity index (χ2n) is 5.11. The van der Waals surface area contributed by atoms with Crippen LogP contribution < -0.4 is 10.3 Å². The number of H-pyrrole nitrogens is 1. The van der Waals surface area contributed by atoms with Crippen molar-refractivity contribution in [3.63, 3.8) is 0 Å². The molecule has 1 saturated heterocycles. The molecule has 3 rings (SSSR count). The largest absolute Gasteiger partial charge is 0.489 e. The number of rotatable bonds is 3. The van der Waals surface area contributed by atoms with E-state index in [1.165, 1.54) is 6.20 Å². The lowest BCUT2D eigenvalue weighted by molar-refractivity contribution is 0.0589. The second kappa shape index (κ2) is 6.38. The van der Waals surface area contributed by atoms with Crippen LogP contribution in [0.15, 0.2) is 41.7 Å². The Labute approximate surface area is 127 Å². The van der Waals surface area contributed by atoms with Crippen LogP contribution in [0.4, 0.5) is 0 Å². The van der Waals surface area contributed by atoms with E-state index in [2.05, 4.69) is 15.0 Å². The number of hydrogen-bond acceptors (Lipinski definition) is 5. The first kappa shape index (κ1) is 14.2. The summed E-state index contributed by atoms with van der Waals surface area (Å²) in [5, 5.41) is 0. The molecule has 7 nitrogen and oxygen atoms in total. The lowest BCUT2D eigenvalue weighted by Crippen LogP contribution is -2.42. The summed E-state index contributed by atoms with van der Waals surface area (Å²) in [4.78, 5) is 35.5. The third-order valence-corrected chi connectivity index (χ3v) is 3.55. The number of amides is 1. The van der Waals surface area contributed by atoms with Gasteiger partial charge < -0.3 is 14.6 Å². The molecule has 3 heterocycles. The molecule has 0 spiro atoms. The summed E-state index contributed by atoms with van der Waals surface area (Å²) in [6, 6.07) is 3.69. The van der Waals surface area contributed by atoms with Gasteiger partial charge in [0.1, 0.15) is 17.5 Å². The van der Waals surface area contributed by atoms with Gasteiger partial charge in [-0.15, -0.1) is 0 Å². The fraction of sp³-hybridized carbons (Fsp3) is 0.333. The van der Waals surface area contributed by atoms with Gasteiger partial charge in [-0.2, -0.15) is 0 Å². The molecule has 7 heteroatoms. The lowest BCUT2D eigenvalue weighted by atomic mass is 10.1. The molecule has 0 aliphatic carbocycles. The number of likely N-dealkylation sites (tertiary alicyclic amines) is 1. The molecule has 2 aromatic rings. The summed E-state index contributed by atoms with van der Waals surface area (Å²) in [7, 11) is 0. The summed E-state index contributed by atoms with van der Waals surface area (Å²) in [6.07, 6.45) is 7.45. The van der Waals surface area contributed by atoms with E-state index in [1.807, 2.05) is 12.1 Å². The Hall–Kier alpha value is -2.70. The molecule has 0 radical (unpaired) electrons. The molecule has 0 unspecified atom stereocenters. The van der Waals surface area contributed by atoms with Crippen molar-refractivity contribution in [1.29, 1.82) is 0 Å². The Morgan fingerprint density at radius 3 is 2.73 bits per heavy atom. The van der Waals surface area contributed by atoms with Crippen LogP contribution in [0.2, 0.25) is 0 Å². The van der Waals surface area contributed by atoms with E-state index in [1.54, 1.807) is 17.3 Å². The zero-order valence-electron chi connectivity index (χ0n) is 11.9. The summed E-state index contributed by atoms with van der Waals surface area (Å²) in [5.74, 6) is 0.536. The van der Waals surface area contributed by atoms with Crippen LogP contribution >= 0.6 is 0 Å². The van der Waals surface area contributed by atoms with Gasteiger partial charge in [0.15, 0.2) is 0 Å². The Morgan fingerprint density at radius 1 is 1.23 bits per heavy atom. The third kappa shape index (κ3) is 3.30. The van der Waals surface area contributed by atoms with E-state index in [0.717, 1.165) is 24.8 Å². The third-order valence-electron chi connectivity index (χ3n) is 3.55. The van der Waals surface area contributed by atoms with Crippen LogP contribution in [0.25, 0.3) is 0 Å². The molecule has 1 fully saturated rings. The van der Waals surface area contributed by atoms with Gasteiger partial charge in [-0.1, -0.05) is 0 Å². The summed E-state index contributed by atoms with van der Waals surface area (Å²) in [5.41, 5.74) is -0.153. The summed E-state index contributed by atoms with van der Waals surface area (Å²) >= 11 is 0. The molecular formula is C15H16N4O3. The minimum Gasteiger partial charge on any atom is -0.489 e. The van der Waals surface area contributed by atoms with Crippen molar-refractivity contribution in [3.8, 4) is 5.75 Å². The molecule has 0 aromatic carbocycles. The van der Waals surface area contributed by atoms with E-state index in [4.69, 9.17) is 4.74 Å². The monoisotopic (exact) mass is 300 g/mol. The zero-order valence-corrected chi connectivity index (χ0v) is 11.9. The first-order valence-electron chi connectivity index (χ1n) is 7.12. The average molecular weight is 300 g/mol. The molecule has 0 saturated carbocycles. The predicted octanol–water partition coefficient (Wildman–Crippen LogP) is 0.848. The molecule has 114 valence electrons. The Kier molecular flexibility index (Phi) is 4.13. The molecule has 2 aromatic heterocycles. The van der Waals surface area contributed by atoms with Gasteiger partial charge in [0.05, 0.1) is 18.6 Å². The minimum atomic E-state index is -0.374. The molecule has 1 aliphatic heterocycles. The highest BCUT2D eigenvalue weighted by Gasteiger charge is 2.25. The zero-order chi connectivity index (χ0) is 15.4. The van der Waals surface area contributed by atoms with E-state index in [-0.39, 0.29) is 23.3 Å². The number of nitrogens with one attached hydrogen (secondary N) is 1. The van der Waals surface area contributed by atoms with Crippen molar-refractivity contribution < 1.29 is 9.53 Å². The van der Waals surface area contributed by atoms with Crippen LogP contribution in [-0.4, -0.2) is 45.0 Å². The highest BCUT2D eigenvalue weighted by atomic mass is 16.5. The molecule has 1 amide bonds. The second-order valence-corrected chi connectivity index (χ2v) is 5.11. The van der Waals surface area contributed by atoms with Gasteiger partial charge in [0, 0.05) is 32.1 Å². The van der Waals surface area contributed by atoms with Gasteiger partial charge in [0.2, 0.25) is 0 Å². The normalized spacial score (nSPS) is 15.5. The van der Waals surface area contributed by atoms with E-state index in [9.17, 15) is 9.59 Å². The number of nitrogens with zero attached hydrogens (tertiary/aromatic N) is 3. The first-order valence-corrected chi connectivity index (χ1v) is 7.12. The number of piperidine rings is 1. The Bertz CT molecular complexity index is 693. The fourth-order valence-electron chi connectivity index (χ4n) is 2.44. The topological polar surface area (TPSA) is 88.2 Å². The predicted molar refractivity (Wildman–Crippen MR) is 78.6 cm³/mol. The number of aromatic amines is 1. The van der Waals surface area contributed by atoms with Crippen LogP contribution in [0.3, 0.4) is 0 Å². The SMILES string of the molecule is O=C(c1cncc(=O)[nH]1)N1CCC(Oc2cccnc2)CC1. The van der Waals surface area contributed by atoms with E-state index >= 15 is 0 Å². The van der Waals surface area contributed by atoms with Crippen molar-refractivity contribution in [3.05, 3.63) is 53.0 Å². The molecular weight excluding hydrogens is 284 g/mol. The quantitative estimate of drug-likeness (QED) is 0.908. The molecule has 1 N–H and O–H groups in total. The van der Waals surface area contributed by atoms with Crippen molar-refractivity contribution in [2.24, 2.45) is 0 Å². The number of pyridine rings is 1. The van der Waals surface area contributed by atoms with Gasteiger partial charge in [-0.3, -0.25) is 19.6 Å². The van der Waals surface area contributed by atoms with Crippen LogP contribution in [0.5, 0.6) is 5.75 Å². The molecule has 22 heavy (non-hydrogen) atoms. The lowest BCUT2D eigenvalue weighted by Gasteiger charge is -2.31. The summed E-state index contributed by atoms with van der Waals surface area (Å²) < 4.78 is 5.84. The number of aromatic nitrogens is 3. The number of hydrogen-bond donors (Lipinski definition) is 1. The highest BCUT2D eigenvalue weighted by Crippen LogP contribution is 2.18. The molecule has 0 atom stereocenters. The maximum atomic E-state index is 12.3. The van der Waals surface area contributed by atoms with Crippen LogP contribution in [0.1, 0.15) is 23.3 Å². The van der Waals surface area contributed by atoms with Crippen LogP contribution in [0, 0.1) is 0 Å². The maximum Gasteiger partial charge on any atom is 0.271 e. The van der Waals surface area contributed by atoms with Crippen molar-refractivity contribution in [2.75, 3.05) is 13.1 Å². The van der Waals surface area contributed by atoms with E-state index < -0.39 is 0 Å². The number of ether oxygens (including phenoxy) is 1. The standard InChI is InChI=1S/C15H16N4O3/c20-14-10-17-9-13(18-14)15(21)19-6-3-11(4-7-19)22-12-2-1-5-16-8-12/h1-2,5,8-11H,3-4,6-7H2,(H,18,20). The summed E-state index contributed by atoms with van der Waals surface area (Å²) in [6.45, 7) is 1.17. The average Bonchev–Trinajstić information content (AvgIpc) is 2.56. The van der Waals surface area contributed by atoms with Crippen LogP contribution in [-0.2, 0) is 0 Å². The Balaban J connectivity index is 1.57. The molecule has 0 bridgehead atoms. The smallest absolute Gasteiger partial charge is 0.271 e. The molecule has 1 aliphatic rings. The first-order chi connectivity index (χ1) is 10.7. The maximum absolute atomic E-state index is 12.3.